The molecule has 0 bridgehead atoms. The van der Waals surface area contributed by atoms with Crippen LogP contribution in [0.1, 0.15) is 36.0 Å². The molecular weight excluding hydrogens is 300 g/mol. The van der Waals surface area contributed by atoms with E-state index in [-0.39, 0.29) is 12.2 Å². The normalized spacial score (nSPS) is 17.7. The number of carbonyl (C=O) groups is 1. The summed E-state index contributed by atoms with van der Waals surface area (Å²) in [5, 5.41) is 19.1. The second-order valence-corrected chi connectivity index (χ2v) is 5.52. The standard InChI is InChI=1S/C13H15BrO4/c14-11-4-3-9(7-10(11)12(15)16)18-8-13(17)5-1-2-6-13/h3-4,7,17H,1-2,5-6,8H2,(H,15,16). The van der Waals surface area contributed by atoms with Crippen molar-refractivity contribution in [2.24, 2.45) is 0 Å². The zero-order valence-corrected chi connectivity index (χ0v) is 11.4. The van der Waals surface area contributed by atoms with Gasteiger partial charge in [-0.05, 0) is 47.0 Å². The molecule has 0 radical (unpaired) electrons. The number of carboxylic acids is 1. The van der Waals surface area contributed by atoms with E-state index in [1.165, 1.54) is 6.07 Å². The molecule has 2 rings (SSSR count). The third-order valence-corrected chi connectivity index (χ3v) is 3.90. The lowest BCUT2D eigenvalue weighted by Crippen LogP contribution is -2.32. The van der Waals surface area contributed by atoms with Crippen molar-refractivity contribution < 1.29 is 19.7 Å². The lowest BCUT2D eigenvalue weighted by molar-refractivity contribution is 0.00139. The minimum Gasteiger partial charge on any atom is -0.491 e. The van der Waals surface area contributed by atoms with Gasteiger partial charge in [-0.25, -0.2) is 4.79 Å². The third-order valence-electron chi connectivity index (χ3n) is 3.21. The molecule has 18 heavy (non-hydrogen) atoms. The van der Waals surface area contributed by atoms with Gasteiger partial charge in [-0.3, -0.25) is 0 Å². The van der Waals surface area contributed by atoms with Gasteiger partial charge in [0.1, 0.15) is 12.4 Å². The Morgan fingerprint density at radius 3 is 2.67 bits per heavy atom. The largest absolute Gasteiger partial charge is 0.491 e. The highest BCUT2D eigenvalue weighted by molar-refractivity contribution is 9.10. The summed E-state index contributed by atoms with van der Waals surface area (Å²) in [7, 11) is 0. The van der Waals surface area contributed by atoms with Gasteiger partial charge in [-0.1, -0.05) is 12.8 Å². The maximum atomic E-state index is 11.0. The van der Waals surface area contributed by atoms with Crippen molar-refractivity contribution in [3.8, 4) is 5.75 Å². The summed E-state index contributed by atoms with van der Waals surface area (Å²) < 4.78 is 6.02. The molecule has 5 heteroatoms. The molecule has 1 aromatic rings. The van der Waals surface area contributed by atoms with Crippen LogP contribution in [-0.4, -0.2) is 28.4 Å². The van der Waals surface area contributed by atoms with Crippen molar-refractivity contribution in [2.45, 2.75) is 31.3 Å². The topological polar surface area (TPSA) is 66.8 Å². The van der Waals surface area contributed by atoms with Crippen molar-refractivity contribution in [3.05, 3.63) is 28.2 Å². The minimum atomic E-state index is -1.01. The van der Waals surface area contributed by atoms with Gasteiger partial charge in [-0.15, -0.1) is 0 Å². The lowest BCUT2D eigenvalue weighted by Gasteiger charge is -2.22. The maximum Gasteiger partial charge on any atom is 0.336 e. The Morgan fingerprint density at radius 2 is 2.06 bits per heavy atom. The predicted molar refractivity (Wildman–Crippen MR) is 70.0 cm³/mol. The van der Waals surface area contributed by atoms with Crippen molar-refractivity contribution in [3.63, 3.8) is 0 Å². The maximum absolute atomic E-state index is 11.0. The number of aliphatic hydroxyl groups is 1. The summed E-state index contributed by atoms with van der Waals surface area (Å²) in [5.41, 5.74) is -0.595. The van der Waals surface area contributed by atoms with E-state index in [4.69, 9.17) is 9.84 Å². The Labute approximate surface area is 114 Å². The summed E-state index contributed by atoms with van der Waals surface area (Å²) in [6.07, 6.45) is 3.52. The predicted octanol–water partition coefficient (Wildman–Crippen LogP) is 2.83. The SMILES string of the molecule is O=C(O)c1cc(OCC2(O)CCCC2)ccc1Br. The Kier molecular flexibility index (Phi) is 3.92. The molecule has 0 amide bonds. The van der Waals surface area contributed by atoms with E-state index in [0.29, 0.717) is 10.2 Å². The Bertz CT molecular complexity index is 452. The first kappa shape index (κ1) is 13.4. The van der Waals surface area contributed by atoms with Crippen LogP contribution in [0.4, 0.5) is 0 Å². The van der Waals surface area contributed by atoms with Crippen LogP contribution in [0.3, 0.4) is 0 Å². The van der Waals surface area contributed by atoms with Crippen LogP contribution >= 0.6 is 15.9 Å². The summed E-state index contributed by atoms with van der Waals surface area (Å²) >= 11 is 3.17. The average molecular weight is 315 g/mol. The molecule has 0 atom stereocenters. The highest BCUT2D eigenvalue weighted by atomic mass is 79.9. The third kappa shape index (κ3) is 3.03. The molecule has 1 aromatic carbocycles. The molecule has 0 unspecified atom stereocenters. The van der Waals surface area contributed by atoms with Gasteiger partial charge in [0, 0.05) is 4.47 Å². The lowest BCUT2D eigenvalue weighted by atomic mass is 10.0. The molecule has 0 saturated heterocycles. The number of benzene rings is 1. The van der Waals surface area contributed by atoms with Gasteiger partial charge >= 0.3 is 5.97 Å². The van der Waals surface area contributed by atoms with Crippen LogP contribution < -0.4 is 4.74 Å². The summed E-state index contributed by atoms with van der Waals surface area (Å²) in [5.74, 6) is -0.539. The molecule has 0 aromatic heterocycles. The monoisotopic (exact) mass is 314 g/mol. The number of rotatable bonds is 4. The smallest absolute Gasteiger partial charge is 0.336 e. The van der Waals surface area contributed by atoms with Gasteiger partial charge in [0.15, 0.2) is 0 Å². The van der Waals surface area contributed by atoms with E-state index >= 15 is 0 Å². The quantitative estimate of drug-likeness (QED) is 0.896. The fraction of sp³-hybridized carbons (Fsp3) is 0.462. The highest BCUT2D eigenvalue weighted by Gasteiger charge is 2.31. The number of carboxylic acid groups (broad SMARTS) is 1. The summed E-state index contributed by atoms with van der Waals surface area (Å²) in [6, 6.07) is 4.79. The Hall–Kier alpha value is -1.07. The van der Waals surface area contributed by atoms with Crippen LogP contribution in [0.5, 0.6) is 5.75 Å². The Morgan fingerprint density at radius 1 is 1.39 bits per heavy atom. The van der Waals surface area contributed by atoms with Gasteiger partial charge in [0.05, 0.1) is 11.2 Å². The molecule has 0 heterocycles. The van der Waals surface area contributed by atoms with Crippen LogP contribution in [-0.2, 0) is 0 Å². The number of hydrogen-bond donors (Lipinski definition) is 2. The fourth-order valence-corrected chi connectivity index (χ4v) is 2.57. The molecule has 1 saturated carbocycles. The van der Waals surface area contributed by atoms with E-state index in [1.807, 2.05) is 0 Å². The van der Waals surface area contributed by atoms with Gasteiger partial charge in [0.25, 0.3) is 0 Å². The molecule has 1 aliphatic rings. The second-order valence-electron chi connectivity index (χ2n) is 4.67. The van der Waals surface area contributed by atoms with E-state index < -0.39 is 11.6 Å². The first-order valence-electron chi connectivity index (χ1n) is 5.88. The van der Waals surface area contributed by atoms with Crippen LogP contribution in [0.2, 0.25) is 0 Å². The minimum absolute atomic E-state index is 0.158. The number of ether oxygens (including phenoxy) is 1. The van der Waals surface area contributed by atoms with Gasteiger partial charge in [0.2, 0.25) is 0 Å². The zero-order chi connectivity index (χ0) is 13.2. The molecule has 0 spiro atoms. The van der Waals surface area contributed by atoms with Crippen molar-refractivity contribution in [1.82, 2.24) is 0 Å². The molecule has 0 aliphatic heterocycles. The molecule has 1 fully saturated rings. The Balaban J connectivity index is 2.05. The fourth-order valence-electron chi connectivity index (χ4n) is 2.15. The number of aromatic carboxylic acids is 1. The highest BCUT2D eigenvalue weighted by Crippen LogP contribution is 2.30. The molecule has 4 nitrogen and oxygen atoms in total. The first-order valence-corrected chi connectivity index (χ1v) is 6.67. The van der Waals surface area contributed by atoms with Crippen molar-refractivity contribution in [2.75, 3.05) is 6.61 Å². The molecular formula is C13H15BrO4. The average Bonchev–Trinajstić information content (AvgIpc) is 2.75. The summed E-state index contributed by atoms with van der Waals surface area (Å²) in [6.45, 7) is 0.216. The second kappa shape index (κ2) is 5.28. The van der Waals surface area contributed by atoms with Gasteiger partial charge < -0.3 is 14.9 Å². The van der Waals surface area contributed by atoms with Crippen LogP contribution in [0, 0.1) is 0 Å². The van der Waals surface area contributed by atoms with Gasteiger partial charge in [-0.2, -0.15) is 0 Å². The summed E-state index contributed by atoms with van der Waals surface area (Å²) in [4.78, 5) is 11.0. The van der Waals surface area contributed by atoms with E-state index in [1.54, 1.807) is 12.1 Å². The van der Waals surface area contributed by atoms with E-state index in [2.05, 4.69) is 15.9 Å². The number of hydrogen-bond acceptors (Lipinski definition) is 3. The van der Waals surface area contributed by atoms with Crippen molar-refractivity contribution >= 4 is 21.9 Å². The van der Waals surface area contributed by atoms with Crippen molar-refractivity contribution in [1.29, 1.82) is 0 Å². The zero-order valence-electron chi connectivity index (χ0n) is 9.86. The van der Waals surface area contributed by atoms with E-state index in [0.717, 1.165) is 25.7 Å². The van der Waals surface area contributed by atoms with Crippen LogP contribution in [0.25, 0.3) is 0 Å². The van der Waals surface area contributed by atoms with E-state index in [9.17, 15) is 9.90 Å². The first-order chi connectivity index (χ1) is 8.50. The number of halogens is 1. The van der Waals surface area contributed by atoms with Crippen LogP contribution in [0.15, 0.2) is 22.7 Å². The molecule has 2 N–H and O–H groups in total. The molecule has 1 aliphatic carbocycles. The molecule has 98 valence electrons.